The molecule has 0 bridgehead atoms. The molecule has 250 valence electrons. The van der Waals surface area contributed by atoms with Crippen molar-refractivity contribution in [2.75, 3.05) is 30.7 Å². The van der Waals surface area contributed by atoms with E-state index in [4.69, 9.17) is 19.9 Å². The number of oxime groups is 1. The van der Waals surface area contributed by atoms with Crippen molar-refractivity contribution in [3.05, 3.63) is 35.3 Å². The summed E-state index contributed by atoms with van der Waals surface area (Å²) in [4.78, 5) is 58.9. The summed E-state index contributed by atoms with van der Waals surface area (Å²) in [6, 6.07) is 4.45. The third kappa shape index (κ3) is 8.78. The van der Waals surface area contributed by atoms with Crippen LogP contribution in [0.4, 0.5) is 15.6 Å². The van der Waals surface area contributed by atoms with Crippen molar-refractivity contribution < 1.29 is 51.1 Å². The number of ether oxygens (including phenoxy) is 1. The zero-order valence-electron chi connectivity index (χ0n) is 24.5. The molecule has 2 fully saturated rings. The van der Waals surface area contributed by atoms with Crippen LogP contribution in [-0.2, 0) is 33.9 Å². The van der Waals surface area contributed by atoms with Crippen molar-refractivity contribution >= 4 is 62.1 Å². The minimum absolute atomic E-state index is 0.0250. The molecule has 0 radical (unpaired) electrons. The van der Waals surface area contributed by atoms with Crippen molar-refractivity contribution in [3.8, 4) is 5.75 Å². The highest BCUT2D eigenvalue weighted by molar-refractivity contribution is 7.80. The van der Waals surface area contributed by atoms with Crippen molar-refractivity contribution in [3.63, 3.8) is 0 Å². The van der Waals surface area contributed by atoms with E-state index in [1.807, 2.05) is 0 Å². The van der Waals surface area contributed by atoms with E-state index < -0.39 is 58.2 Å². The van der Waals surface area contributed by atoms with Gasteiger partial charge in [0.25, 0.3) is 17.9 Å². The average molecular weight is 685 g/mol. The number of anilines is 2. The van der Waals surface area contributed by atoms with E-state index in [1.54, 1.807) is 12.1 Å². The summed E-state index contributed by atoms with van der Waals surface area (Å²) in [6.07, 6.45) is 0.126. The van der Waals surface area contributed by atoms with E-state index in [0.717, 1.165) is 30.7 Å². The number of nitrogens with zero attached hydrogens (tertiary/aromatic N) is 3. The van der Waals surface area contributed by atoms with Gasteiger partial charge in [0.05, 0.1) is 5.54 Å². The monoisotopic (exact) mass is 684 g/mol. The number of benzene rings is 1. The number of hydroxylamine groups is 2. The number of nitrogens with two attached hydrogens (primary N) is 1. The molecule has 46 heavy (non-hydrogen) atoms. The maximum atomic E-state index is 13.2. The number of amides is 4. The zero-order valence-corrected chi connectivity index (χ0v) is 26.1. The minimum Gasteiger partial charge on any atom is -0.489 e. The normalized spacial score (nSPS) is 20.2. The van der Waals surface area contributed by atoms with Crippen LogP contribution < -0.4 is 31.7 Å². The maximum absolute atomic E-state index is 13.2. The summed E-state index contributed by atoms with van der Waals surface area (Å²) < 4.78 is 40.9. The summed E-state index contributed by atoms with van der Waals surface area (Å²) >= 11 is 0.944. The number of urea groups is 1. The SMILES string of the molecule is CC1(C)[C@H](NC(=O)/C(=N\O[C@@H](COc2ccc(NC(=O)N[C@H]3CCCNC3)cc2)C(=O)O)c2csc(N)n2)C(=O)N1OS(=O)(=O)O. The first-order valence-corrected chi connectivity index (χ1v) is 15.9. The van der Waals surface area contributed by atoms with E-state index >= 15 is 0 Å². The summed E-state index contributed by atoms with van der Waals surface area (Å²) in [5.41, 5.74) is 4.06. The lowest BCUT2D eigenvalue weighted by Gasteiger charge is -2.50. The third-order valence-corrected chi connectivity index (χ3v) is 7.80. The average Bonchev–Trinajstić information content (AvgIpc) is 3.42. The molecule has 0 saturated carbocycles. The van der Waals surface area contributed by atoms with E-state index in [9.17, 15) is 32.7 Å². The Morgan fingerprint density at radius 2 is 1.98 bits per heavy atom. The Balaban J connectivity index is 1.38. The maximum Gasteiger partial charge on any atom is 0.418 e. The van der Waals surface area contributed by atoms with Crippen molar-refractivity contribution in [1.29, 1.82) is 0 Å². The first kappa shape index (κ1) is 34.3. The molecular weight excluding hydrogens is 652 g/mol. The van der Waals surface area contributed by atoms with Gasteiger partial charge >= 0.3 is 22.4 Å². The van der Waals surface area contributed by atoms with Gasteiger partial charge in [0.15, 0.2) is 10.8 Å². The number of carboxylic acid groups (broad SMARTS) is 1. The molecule has 2 saturated heterocycles. The number of nitrogens with one attached hydrogen (secondary N) is 4. The third-order valence-electron chi connectivity index (χ3n) is 6.79. The molecule has 0 aliphatic carbocycles. The Kier molecular flexibility index (Phi) is 10.6. The highest BCUT2D eigenvalue weighted by Gasteiger charge is 2.58. The first-order chi connectivity index (χ1) is 21.6. The van der Waals surface area contributed by atoms with Gasteiger partial charge in [-0.2, -0.15) is 13.5 Å². The van der Waals surface area contributed by atoms with Gasteiger partial charge < -0.3 is 41.7 Å². The lowest BCUT2D eigenvalue weighted by molar-refractivity contribution is -0.218. The number of β-lactam (4-membered cyclic amide) rings is 1. The molecule has 21 heteroatoms. The lowest BCUT2D eigenvalue weighted by Crippen LogP contribution is -2.76. The van der Waals surface area contributed by atoms with Crippen LogP contribution in [0.25, 0.3) is 0 Å². The Labute approximate surface area is 266 Å². The molecule has 3 heterocycles. The molecule has 4 amide bonds. The number of aromatic nitrogens is 1. The standard InChI is InChI=1S/C25H32N8O11S2/c1-25(2)19(21(35)33(25)44-46(39,40)41)31-20(34)18(16-12-45-23(26)30-16)32-43-17(22(36)37)11-42-15-7-5-13(6-8-15)28-24(38)29-14-4-3-9-27-10-14/h5-8,12,14,17,19,27H,3-4,9-11H2,1-2H3,(H2,26,30)(H,31,34)(H,36,37)(H2,28,29,38)(H,39,40,41)/b32-18-/t14-,17-,19+/m0/s1. The topological polar surface area (TPSA) is 273 Å². The quantitative estimate of drug-likeness (QED) is 0.0617. The fraction of sp³-hybridized carbons (Fsp3) is 0.440. The molecular formula is C25H32N8O11S2. The number of thiazole rings is 1. The van der Waals surface area contributed by atoms with Crippen LogP contribution in [0, 0.1) is 0 Å². The second-order valence-electron chi connectivity index (χ2n) is 10.6. The summed E-state index contributed by atoms with van der Waals surface area (Å²) in [5.74, 6) is -3.29. The Bertz CT molecular complexity index is 1590. The Hall–Kier alpha value is -4.57. The smallest absolute Gasteiger partial charge is 0.418 e. The van der Waals surface area contributed by atoms with Gasteiger partial charge in [-0.1, -0.05) is 5.16 Å². The minimum atomic E-state index is -5.02. The number of carboxylic acids is 1. The summed E-state index contributed by atoms with van der Waals surface area (Å²) in [6.45, 7) is 3.75. The first-order valence-electron chi connectivity index (χ1n) is 13.6. The van der Waals surface area contributed by atoms with Crippen molar-refractivity contribution in [2.24, 2.45) is 5.16 Å². The van der Waals surface area contributed by atoms with Gasteiger partial charge in [-0.3, -0.25) is 14.1 Å². The van der Waals surface area contributed by atoms with Gasteiger partial charge in [-0.25, -0.2) is 14.6 Å². The second kappa shape index (κ2) is 14.2. The number of hydrogen-bond donors (Lipinski definition) is 7. The van der Waals surface area contributed by atoms with Gasteiger partial charge in [-0.05, 0) is 57.5 Å². The highest BCUT2D eigenvalue weighted by Crippen LogP contribution is 2.33. The van der Waals surface area contributed by atoms with Crippen LogP contribution in [0.1, 0.15) is 32.4 Å². The molecule has 19 nitrogen and oxygen atoms in total. The molecule has 4 rings (SSSR count). The van der Waals surface area contributed by atoms with Crippen LogP contribution in [0.5, 0.6) is 5.75 Å². The molecule has 8 N–H and O–H groups in total. The Morgan fingerprint density at radius 3 is 2.54 bits per heavy atom. The molecule has 2 aromatic rings. The predicted molar refractivity (Wildman–Crippen MR) is 161 cm³/mol. The van der Waals surface area contributed by atoms with E-state index in [0.29, 0.717) is 17.3 Å². The molecule has 0 spiro atoms. The lowest BCUT2D eigenvalue weighted by atomic mass is 9.84. The van der Waals surface area contributed by atoms with Gasteiger partial charge in [0, 0.05) is 23.7 Å². The summed E-state index contributed by atoms with van der Waals surface area (Å²) in [7, 11) is -5.02. The molecule has 1 aromatic carbocycles. The number of aliphatic carboxylic acids is 1. The summed E-state index contributed by atoms with van der Waals surface area (Å²) in [5, 5.41) is 26.2. The number of carbonyl (C=O) groups is 4. The number of rotatable bonds is 13. The predicted octanol–water partition coefficient (Wildman–Crippen LogP) is -0.308. The molecule has 1 aromatic heterocycles. The largest absolute Gasteiger partial charge is 0.489 e. The number of carbonyl (C=O) groups excluding carboxylic acids is 3. The van der Waals surface area contributed by atoms with Crippen LogP contribution in [0.2, 0.25) is 0 Å². The highest BCUT2D eigenvalue weighted by atomic mass is 32.3. The van der Waals surface area contributed by atoms with E-state index in [-0.39, 0.29) is 28.6 Å². The van der Waals surface area contributed by atoms with Crippen molar-refractivity contribution in [1.82, 2.24) is 26.0 Å². The number of hydrogen-bond acceptors (Lipinski definition) is 14. The molecule has 2 aliphatic heterocycles. The number of nitrogen functional groups attached to an aromatic ring is 1. The van der Waals surface area contributed by atoms with Gasteiger partial charge in [0.1, 0.15) is 24.1 Å². The number of piperidine rings is 1. The second-order valence-corrected chi connectivity index (χ2v) is 12.5. The Morgan fingerprint density at radius 1 is 1.26 bits per heavy atom. The van der Waals surface area contributed by atoms with E-state index in [2.05, 4.69) is 35.7 Å². The van der Waals surface area contributed by atoms with Crippen molar-refractivity contribution in [2.45, 2.75) is 50.4 Å². The van der Waals surface area contributed by atoms with Crippen LogP contribution >= 0.6 is 11.3 Å². The van der Waals surface area contributed by atoms with E-state index in [1.165, 1.54) is 31.4 Å². The van der Waals surface area contributed by atoms with Gasteiger partial charge in [0.2, 0.25) is 0 Å². The van der Waals surface area contributed by atoms with Crippen LogP contribution in [-0.4, -0.2) is 101 Å². The molecule has 2 aliphatic rings. The van der Waals surface area contributed by atoms with Crippen LogP contribution in [0.15, 0.2) is 34.8 Å². The van der Waals surface area contributed by atoms with Crippen LogP contribution in [0.3, 0.4) is 0 Å². The molecule has 3 atom stereocenters. The fourth-order valence-corrected chi connectivity index (χ4v) is 5.42. The zero-order chi connectivity index (χ0) is 33.6. The van der Waals surface area contributed by atoms with Gasteiger partial charge in [-0.15, -0.1) is 15.6 Å². The molecule has 0 unspecified atom stereocenters. The fourth-order valence-electron chi connectivity index (χ4n) is 4.42.